The first-order valence-corrected chi connectivity index (χ1v) is 21.9. The zero-order valence-corrected chi connectivity index (χ0v) is 34.5. The molecule has 0 radical (unpaired) electrons. The first-order chi connectivity index (χ1) is 31.2. The number of hydrogen-bond acceptors (Lipinski definition) is 1. The summed E-state index contributed by atoms with van der Waals surface area (Å²) in [6.45, 7) is 0. The lowest BCUT2D eigenvalue weighted by atomic mass is 9.86. The Bertz CT molecular complexity index is 3630. The number of para-hydroxylation sites is 4. The lowest BCUT2D eigenvalue weighted by molar-refractivity contribution is 0.747. The Morgan fingerprint density at radius 3 is 1.57 bits per heavy atom. The van der Waals surface area contributed by atoms with Gasteiger partial charge in [-0.1, -0.05) is 152 Å². The second-order valence-electron chi connectivity index (χ2n) is 16.9. The monoisotopic (exact) mass is 803 g/mol. The fraction of sp³-hybridized carbons (Fsp3) is 0.0333. The first-order valence-electron chi connectivity index (χ1n) is 21.9. The number of benzene rings is 9. The van der Waals surface area contributed by atoms with Crippen LogP contribution in [0.5, 0.6) is 0 Å². The fourth-order valence-electron chi connectivity index (χ4n) is 10.6. The third-order valence-electron chi connectivity index (χ3n) is 13.4. The zero-order valence-electron chi connectivity index (χ0n) is 34.5. The average Bonchev–Trinajstić information content (AvgIpc) is 3.99. The molecule has 1 aliphatic carbocycles. The van der Waals surface area contributed by atoms with Gasteiger partial charge >= 0.3 is 0 Å². The predicted octanol–water partition coefficient (Wildman–Crippen LogP) is 15.5. The van der Waals surface area contributed by atoms with Crippen LogP contribution in [0.25, 0.3) is 82.8 Å². The Labute approximate surface area is 366 Å². The summed E-state index contributed by atoms with van der Waals surface area (Å²) in [7, 11) is 0. The van der Waals surface area contributed by atoms with Crippen LogP contribution in [0.1, 0.15) is 17.0 Å². The van der Waals surface area contributed by atoms with Crippen molar-refractivity contribution >= 4 is 60.6 Å². The molecule has 2 aliphatic rings. The van der Waals surface area contributed by atoms with Gasteiger partial charge in [0.15, 0.2) is 0 Å². The van der Waals surface area contributed by atoms with Gasteiger partial charge in [0, 0.05) is 50.2 Å². The SMILES string of the molecule is C1=CC2C(C=C1c1ccc3c(c1)c1cc(-c4ccc5c(c4)c4ccccc4n5-c4cccc(-c5ccccc5)c4)ccc1n3-c1ccccc1)c1ccccc1N2c1ccccc1. The normalized spacial score (nSPS) is 15.6. The van der Waals surface area contributed by atoms with Crippen molar-refractivity contribution < 1.29 is 0 Å². The van der Waals surface area contributed by atoms with E-state index in [0.717, 1.165) is 11.4 Å². The molecule has 0 spiro atoms. The van der Waals surface area contributed by atoms with E-state index >= 15 is 0 Å². The maximum Gasteiger partial charge on any atom is 0.0630 e. The number of anilines is 2. The van der Waals surface area contributed by atoms with Gasteiger partial charge in [-0.2, -0.15) is 0 Å². The zero-order chi connectivity index (χ0) is 41.4. The summed E-state index contributed by atoms with van der Waals surface area (Å²) in [4.78, 5) is 2.50. The second-order valence-corrected chi connectivity index (χ2v) is 16.9. The predicted molar refractivity (Wildman–Crippen MR) is 265 cm³/mol. The van der Waals surface area contributed by atoms with Gasteiger partial charge < -0.3 is 14.0 Å². The number of allylic oxidation sites excluding steroid dienone is 2. The van der Waals surface area contributed by atoms with Crippen molar-refractivity contribution in [3.8, 4) is 33.6 Å². The first kappa shape index (κ1) is 35.6. The van der Waals surface area contributed by atoms with Crippen LogP contribution >= 0.6 is 0 Å². The Morgan fingerprint density at radius 1 is 0.333 bits per heavy atom. The molecule has 2 unspecified atom stereocenters. The number of hydrogen-bond donors (Lipinski definition) is 0. The van der Waals surface area contributed by atoms with Gasteiger partial charge in [-0.3, -0.25) is 0 Å². The van der Waals surface area contributed by atoms with E-state index in [-0.39, 0.29) is 12.0 Å². The third-order valence-corrected chi connectivity index (χ3v) is 13.4. The molecule has 1 aliphatic heterocycles. The van der Waals surface area contributed by atoms with E-state index in [0.29, 0.717) is 0 Å². The quantitative estimate of drug-likeness (QED) is 0.163. The minimum absolute atomic E-state index is 0.227. The molecule has 11 aromatic rings. The van der Waals surface area contributed by atoms with Crippen LogP contribution in [0.4, 0.5) is 11.4 Å². The number of rotatable bonds is 6. The van der Waals surface area contributed by atoms with Crippen molar-refractivity contribution in [3.05, 3.63) is 248 Å². The lowest BCUT2D eigenvalue weighted by Gasteiger charge is -2.29. The van der Waals surface area contributed by atoms with Gasteiger partial charge in [-0.15, -0.1) is 0 Å². The van der Waals surface area contributed by atoms with E-state index in [1.54, 1.807) is 0 Å². The molecule has 2 aromatic heterocycles. The van der Waals surface area contributed by atoms with Gasteiger partial charge in [0.1, 0.15) is 0 Å². The molecule has 3 nitrogen and oxygen atoms in total. The molecule has 0 fully saturated rings. The average molecular weight is 804 g/mol. The maximum atomic E-state index is 2.50. The molecule has 296 valence electrons. The van der Waals surface area contributed by atoms with E-state index in [4.69, 9.17) is 0 Å². The minimum Gasteiger partial charge on any atom is -0.333 e. The highest BCUT2D eigenvalue weighted by Gasteiger charge is 2.38. The van der Waals surface area contributed by atoms with Crippen molar-refractivity contribution in [2.24, 2.45) is 0 Å². The molecule has 0 bridgehead atoms. The highest BCUT2D eigenvalue weighted by molar-refractivity contribution is 6.13. The third kappa shape index (κ3) is 5.67. The van der Waals surface area contributed by atoms with E-state index in [1.165, 1.54) is 93.9 Å². The van der Waals surface area contributed by atoms with Crippen LogP contribution < -0.4 is 4.90 Å². The number of nitrogens with zero attached hydrogens (tertiary/aromatic N) is 3. The molecule has 2 atom stereocenters. The summed E-state index contributed by atoms with van der Waals surface area (Å²) >= 11 is 0. The van der Waals surface area contributed by atoms with Crippen LogP contribution in [0, 0.1) is 0 Å². The van der Waals surface area contributed by atoms with Gasteiger partial charge in [-0.25, -0.2) is 0 Å². The highest BCUT2D eigenvalue weighted by Crippen LogP contribution is 2.49. The molecule has 0 saturated heterocycles. The molecule has 63 heavy (non-hydrogen) atoms. The van der Waals surface area contributed by atoms with E-state index in [9.17, 15) is 0 Å². The van der Waals surface area contributed by atoms with Crippen LogP contribution in [-0.4, -0.2) is 15.2 Å². The van der Waals surface area contributed by atoms with Crippen molar-refractivity contribution in [3.63, 3.8) is 0 Å². The Balaban J connectivity index is 0.942. The lowest BCUT2D eigenvalue weighted by Crippen LogP contribution is -2.28. The largest absolute Gasteiger partial charge is 0.333 e. The van der Waals surface area contributed by atoms with Crippen LogP contribution in [0.2, 0.25) is 0 Å². The smallest absolute Gasteiger partial charge is 0.0630 e. The molecule has 13 rings (SSSR count). The molecular formula is C60H41N3. The molecule has 0 N–H and O–H groups in total. The molecule has 3 heteroatoms. The molecule has 0 amide bonds. The van der Waals surface area contributed by atoms with Gasteiger partial charge in [0.05, 0.1) is 28.1 Å². The molecule has 9 aromatic carbocycles. The van der Waals surface area contributed by atoms with E-state index in [2.05, 4.69) is 251 Å². The van der Waals surface area contributed by atoms with Crippen molar-refractivity contribution in [1.82, 2.24) is 9.13 Å². The van der Waals surface area contributed by atoms with Crippen molar-refractivity contribution in [1.29, 1.82) is 0 Å². The van der Waals surface area contributed by atoms with Crippen LogP contribution in [0.3, 0.4) is 0 Å². The standard InChI is InChI=1S/C60H41N3/c1-4-15-40(16-5-1)41-17-14-22-48(35-41)63-56-26-13-11-24-50(56)52-37-43(28-32-58(52)63)45-30-34-60-54(39-45)53-38-44(29-33-59(53)62(60)47-20-8-3-9-21-47)42-27-31-57-51(36-42)49-23-10-12-25-55(49)61(57)46-18-6-2-7-19-46/h1-39,51,57H. The minimum atomic E-state index is 0.227. The summed E-state index contributed by atoms with van der Waals surface area (Å²) in [6, 6.07) is 80.2. The van der Waals surface area contributed by atoms with Crippen LogP contribution in [0.15, 0.2) is 237 Å². The van der Waals surface area contributed by atoms with Crippen molar-refractivity contribution in [2.45, 2.75) is 12.0 Å². The van der Waals surface area contributed by atoms with Gasteiger partial charge in [-0.05, 0) is 124 Å². The molecule has 0 saturated carbocycles. The Hall–Kier alpha value is -8.14. The Morgan fingerprint density at radius 2 is 0.841 bits per heavy atom. The van der Waals surface area contributed by atoms with E-state index in [1.807, 2.05) is 0 Å². The maximum absolute atomic E-state index is 2.50. The van der Waals surface area contributed by atoms with E-state index < -0.39 is 0 Å². The molecule has 3 heterocycles. The Kier molecular flexibility index (Phi) is 8.04. The summed E-state index contributed by atoms with van der Waals surface area (Å²) in [5.74, 6) is 0.253. The summed E-state index contributed by atoms with van der Waals surface area (Å²) in [5.41, 5.74) is 18.3. The van der Waals surface area contributed by atoms with Crippen LogP contribution in [-0.2, 0) is 0 Å². The van der Waals surface area contributed by atoms with Gasteiger partial charge in [0.2, 0.25) is 0 Å². The number of fused-ring (bicyclic) bond motifs is 9. The van der Waals surface area contributed by atoms with Gasteiger partial charge in [0.25, 0.3) is 0 Å². The fourth-order valence-corrected chi connectivity index (χ4v) is 10.6. The highest BCUT2D eigenvalue weighted by atomic mass is 15.2. The summed E-state index contributed by atoms with van der Waals surface area (Å²) in [6.07, 6.45) is 7.25. The summed E-state index contributed by atoms with van der Waals surface area (Å²) < 4.78 is 4.84. The second kappa shape index (κ2) is 14.2. The number of aromatic nitrogens is 2. The van der Waals surface area contributed by atoms with Crippen molar-refractivity contribution in [2.75, 3.05) is 4.90 Å². The molecular weight excluding hydrogens is 763 g/mol. The topological polar surface area (TPSA) is 13.1 Å². The summed E-state index contributed by atoms with van der Waals surface area (Å²) in [5, 5.41) is 4.99.